The zero-order valence-corrected chi connectivity index (χ0v) is 20.1. The third kappa shape index (κ3) is 4.68. The highest BCUT2D eigenvalue weighted by atomic mass is 35.5. The Morgan fingerprint density at radius 3 is 2.66 bits per heavy atom. The molecule has 0 saturated carbocycles. The standard InChI is InChI=1S/C22H30ClN5O4/c1-7-32-18-12-28(22(30)31-6)11-17(18)25-19-13(2)24-20(27(5)21(19)29)15-9-8-14(26(3)4)10-16(15)23/h8-10,17-18,25H,7,11-12H2,1-6H3/t17-,18+/m1/s1. The van der Waals surface area contributed by atoms with Gasteiger partial charge in [-0.1, -0.05) is 11.6 Å². The van der Waals surface area contributed by atoms with Crippen LogP contribution in [0, 0.1) is 6.92 Å². The maximum atomic E-state index is 13.3. The molecule has 0 spiro atoms. The summed E-state index contributed by atoms with van der Waals surface area (Å²) in [6, 6.07) is 5.37. The number of amides is 1. The molecule has 1 saturated heterocycles. The van der Waals surface area contributed by atoms with Crippen LogP contribution >= 0.6 is 11.6 Å². The Morgan fingerprint density at radius 1 is 1.34 bits per heavy atom. The zero-order valence-electron chi connectivity index (χ0n) is 19.3. The fourth-order valence-electron chi connectivity index (χ4n) is 3.84. The van der Waals surface area contributed by atoms with Gasteiger partial charge >= 0.3 is 6.09 Å². The van der Waals surface area contributed by atoms with Gasteiger partial charge in [0.15, 0.2) is 0 Å². The van der Waals surface area contributed by atoms with Crippen LogP contribution in [0.15, 0.2) is 23.0 Å². The first-order valence-electron chi connectivity index (χ1n) is 10.4. The summed E-state index contributed by atoms with van der Waals surface area (Å²) >= 11 is 6.51. The quantitative estimate of drug-likeness (QED) is 0.704. The molecule has 32 heavy (non-hydrogen) atoms. The van der Waals surface area contributed by atoms with Crippen molar-refractivity contribution in [2.24, 2.45) is 7.05 Å². The van der Waals surface area contributed by atoms with Gasteiger partial charge in [-0.3, -0.25) is 9.36 Å². The number of aryl methyl sites for hydroxylation is 1. The number of hydrogen-bond donors (Lipinski definition) is 1. The van der Waals surface area contributed by atoms with Crippen molar-refractivity contribution in [1.82, 2.24) is 14.5 Å². The SMILES string of the molecule is CCO[C@H]1CN(C(=O)OC)C[C@H]1Nc1c(C)nc(-c2ccc(N(C)C)cc2Cl)n(C)c1=O. The maximum Gasteiger partial charge on any atom is 0.409 e. The van der Waals surface area contributed by atoms with Gasteiger partial charge in [-0.15, -0.1) is 0 Å². The van der Waals surface area contributed by atoms with E-state index in [0.717, 1.165) is 5.69 Å². The third-order valence-corrected chi connectivity index (χ3v) is 5.90. The number of rotatable bonds is 6. The molecule has 1 aromatic carbocycles. The van der Waals surface area contributed by atoms with Crippen molar-refractivity contribution in [1.29, 1.82) is 0 Å². The first kappa shape index (κ1) is 23.9. The molecule has 1 fully saturated rings. The monoisotopic (exact) mass is 463 g/mol. The summed E-state index contributed by atoms with van der Waals surface area (Å²) < 4.78 is 12.1. The Morgan fingerprint density at radius 2 is 2.06 bits per heavy atom. The summed E-state index contributed by atoms with van der Waals surface area (Å²) in [5.74, 6) is 0.484. The highest BCUT2D eigenvalue weighted by molar-refractivity contribution is 6.33. The van der Waals surface area contributed by atoms with Crippen molar-refractivity contribution >= 4 is 29.1 Å². The molecule has 9 nitrogen and oxygen atoms in total. The van der Waals surface area contributed by atoms with E-state index in [1.165, 1.54) is 11.7 Å². The Kier molecular flexibility index (Phi) is 7.30. The normalized spacial score (nSPS) is 18.0. The number of methoxy groups -OCH3 is 1. The first-order valence-corrected chi connectivity index (χ1v) is 10.8. The van der Waals surface area contributed by atoms with Crippen LogP contribution in [0.4, 0.5) is 16.2 Å². The van der Waals surface area contributed by atoms with E-state index in [1.807, 2.05) is 44.1 Å². The topological polar surface area (TPSA) is 88.9 Å². The molecular formula is C22H30ClN5O4. The molecular weight excluding hydrogens is 434 g/mol. The number of carbonyl (C=O) groups is 1. The number of anilines is 2. The molecule has 0 bridgehead atoms. The molecule has 1 aliphatic rings. The molecule has 2 aromatic rings. The van der Waals surface area contributed by atoms with E-state index in [0.29, 0.717) is 47.5 Å². The van der Waals surface area contributed by atoms with Crippen LogP contribution in [0.3, 0.4) is 0 Å². The van der Waals surface area contributed by atoms with Crippen LogP contribution in [0.25, 0.3) is 11.4 Å². The number of benzene rings is 1. The van der Waals surface area contributed by atoms with Gasteiger partial charge in [0.25, 0.3) is 5.56 Å². The lowest BCUT2D eigenvalue weighted by Crippen LogP contribution is -2.38. The summed E-state index contributed by atoms with van der Waals surface area (Å²) in [7, 11) is 6.88. The van der Waals surface area contributed by atoms with Crippen LogP contribution in [0.2, 0.25) is 5.02 Å². The van der Waals surface area contributed by atoms with Gasteiger partial charge in [0.2, 0.25) is 0 Å². The molecule has 0 radical (unpaired) electrons. The highest BCUT2D eigenvalue weighted by Crippen LogP contribution is 2.30. The van der Waals surface area contributed by atoms with Crippen molar-refractivity contribution in [2.75, 3.05) is 51.1 Å². The number of halogens is 1. The number of nitrogens with one attached hydrogen (secondary N) is 1. The summed E-state index contributed by atoms with van der Waals surface area (Å²) in [4.78, 5) is 33.4. The van der Waals surface area contributed by atoms with Crippen molar-refractivity contribution in [2.45, 2.75) is 26.0 Å². The van der Waals surface area contributed by atoms with Crippen molar-refractivity contribution in [3.05, 3.63) is 39.3 Å². The molecule has 10 heteroatoms. The first-order chi connectivity index (χ1) is 15.2. The van der Waals surface area contributed by atoms with Crippen LogP contribution in [-0.2, 0) is 16.5 Å². The van der Waals surface area contributed by atoms with Gasteiger partial charge in [0.1, 0.15) is 11.5 Å². The van der Waals surface area contributed by atoms with Crippen LogP contribution in [0.1, 0.15) is 12.6 Å². The number of nitrogens with zero attached hydrogens (tertiary/aromatic N) is 4. The zero-order chi connectivity index (χ0) is 23.6. The molecule has 3 rings (SSSR count). The largest absolute Gasteiger partial charge is 0.453 e. The summed E-state index contributed by atoms with van der Waals surface area (Å²) in [6.45, 7) is 4.91. The van der Waals surface area contributed by atoms with E-state index in [2.05, 4.69) is 10.3 Å². The molecule has 2 atom stereocenters. The van der Waals surface area contributed by atoms with Gasteiger partial charge in [0.05, 0.1) is 36.5 Å². The second-order valence-electron chi connectivity index (χ2n) is 7.94. The molecule has 2 heterocycles. The van der Waals surface area contributed by atoms with Crippen molar-refractivity contribution in [3.63, 3.8) is 0 Å². The van der Waals surface area contributed by atoms with E-state index < -0.39 is 6.09 Å². The number of hydrogen-bond acceptors (Lipinski definition) is 7. The average Bonchev–Trinajstić information content (AvgIpc) is 3.16. The predicted molar refractivity (Wildman–Crippen MR) is 126 cm³/mol. The Labute approximate surface area is 192 Å². The smallest absolute Gasteiger partial charge is 0.409 e. The summed E-state index contributed by atoms with van der Waals surface area (Å²) in [6.07, 6.45) is -0.691. The molecule has 0 unspecified atom stereocenters. The lowest BCUT2D eigenvalue weighted by molar-refractivity contribution is 0.0614. The predicted octanol–water partition coefficient (Wildman–Crippen LogP) is 2.74. The van der Waals surface area contributed by atoms with Gasteiger partial charge in [-0.25, -0.2) is 9.78 Å². The van der Waals surface area contributed by atoms with Gasteiger partial charge < -0.3 is 24.6 Å². The minimum atomic E-state index is -0.423. The molecule has 0 aliphatic carbocycles. The molecule has 1 amide bonds. The Bertz CT molecular complexity index is 1060. The fourth-order valence-corrected chi connectivity index (χ4v) is 4.10. The number of likely N-dealkylation sites (tertiary alicyclic amines) is 1. The molecule has 1 aromatic heterocycles. The maximum absolute atomic E-state index is 13.3. The Hall–Kier alpha value is -2.78. The van der Waals surface area contributed by atoms with Crippen LogP contribution in [-0.4, -0.2) is 73.6 Å². The second-order valence-corrected chi connectivity index (χ2v) is 8.35. The summed E-state index contributed by atoms with van der Waals surface area (Å²) in [5, 5.41) is 3.78. The van der Waals surface area contributed by atoms with Crippen LogP contribution < -0.4 is 15.8 Å². The molecule has 1 aliphatic heterocycles. The van der Waals surface area contributed by atoms with E-state index in [1.54, 1.807) is 18.9 Å². The van der Waals surface area contributed by atoms with Gasteiger partial charge in [-0.05, 0) is 32.0 Å². The molecule has 1 N–H and O–H groups in total. The number of carbonyl (C=O) groups excluding carboxylic acids is 1. The lowest BCUT2D eigenvalue weighted by Gasteiger charge is -2.22. The van der Waals surface area contributed by atoms with Crippen molar-refractivity contribution < 1.29 is 14.3 Å². The second kappa shape index (κ2) is 9.79. The Balaban J connectivity index is 1.94. The highest BCUT2D eigenvalue weighted by Gasteiger charge is 2.37. The third-order valence-electron chi connectivity index (χ3n) is 5.59. The average molecular weight is 464 g/mol. The van der Waals surface area contributed by atoms with Crippen LogP contribution in [0.5, 0.6) is 0 Å². The lowest BCUT2D eigenvalue weighted by atomic mass is 10.1. The van der Waals surface area contributed by atoms with E-state index in [-0.39, 0.29) is 17.7 Å². The van der Waals surface area contributed by atoms with E-state index in [4.69, 9.17) is 21.1 Å². The number of ether oxygens (including phenoxy) is 2. The molecule has 174 valence electrons. The van der Waals surface area contributed by atoms with Gasteiger partial charge in [0, 0.05) is 45.5 Å². The fraction of sp³-hybridized carbons (Fsp3) is 0.500. The number of aromatic nitrogens is 2. The summed E-state index contributed by atoms with van der Waals surface area (Å²) in [5.41, 5.74) is 2.32. The van der Waals surface area contributed by atoms with Crippen molar-refractivity contribution in [3.8, 4) is 11.4 Å². The van der Waals surface area contributed by atoms with E-state index >= 15 is 0 Å². The minimum absolute atomic E-state index is 0.230. The van der Waals surface area contributed by atoms with Gasteiger partial charge in [-0.2, -0.15) is 0 Å². The van der Waals surface area contributed by atoms with E-state index in [9.17, 15) is 9.59 Å². The minimum Gasteiger partial charge on any atom is -0.453 e.